The molecule has 2 atom stereocenters. The van der Waals surface area contributed by atoms with Crippen LogP contribution in [0.2, 0.25) is 0 Å². The quantitative estimate of drug-likeness (QED) is 0.789. The molecule has 3 saturated heterocycles. The maximum Gasteiger partial charge on any atom is 0.214 e. The van der Waals surface area contributed by atoms with Crippen molar-refractivity contribution in [1.82, 2.24) is 9.62 Å². The predicted octanol–water partition coefficient (Wildman–Crippen LogP) is 0.0381. The van der Waals surface area contributed by atoms with Gasteiger partial charge in [-0.1, -0.05) is 0 Å². The van der Waals surface area contributed by atoms with Crippen LogP contribution in [0.15, 0.2) is 0 Å². The zero-order valence-electron chi connectivity index (χ0n) is 10.7. The third-order valence-corrected chi connectivity index (χ3v) is 6.59. The van der Waals surface area contributed by atoms with Crippen LogP contribution in [-0.2, 0) is 14.8 Å². The summed E-state index contributed by atoms with van der Waals surface area (Å²) in [5.41, 5.74) is 0.221. The highest BCUT2D eigenvalue weighted by Crippen LogP contribution is 2.37. The van der Waals surface area contributed by atoms with Gasteiger partial charge in [0, 0.05) is 26.2 Å². The molecule has 1 spiro atoms. The summed E-state index contributed by atoms with van der Waals surface area (Å²) >= 11 is 0. The van der Waals surface area contributed by atoms with E-state index in [0.29, 0.717) is 19.8 Å². The van der Waals surface area contributed by atoms with Gasteiger partial charge in [0.15, 0.2) is 0 Å². The molecule has 104 valence electrons. The second kappa shape index (κ2) is 4.74. The molecule has 2 unspecified atom stereocenters. The molecule has 0 bridgehead atoms. The molecule has 3 rings (SSSR count). The van der Waals surface area contributed by atoms with Gasteiger partial charge in [0.2, 0.25) is 10.0 Å². The Kier molecular flexibility index (Phi) is 3.38. The first-order valence-electron chi connectivity index (χ1n) is 6.86. The molecule has 3 aliphatic heterocycles. The number of hydrogen-bond acceptors (Lipinski definition) is 4. The lowest BCUT2D eigenvalue weighted by Gasteiger charge is -2.23. The Hall–Kier alpha value is -0.170. The Morgan fingerprint density at radius 3 is 2.94 bits per heavy atom. The average Bonchev–Trinajstić information content (AvgIpc) is 3.03. The van der Waals surface area contributed by atoms with Gasteiger partial charge in [-0.15, -0.1) is 0 Å². The lowest BCUT2D eigenvalue weighted by atomic mass is 9.87. The van der Waals surface area contributed by atoms with E-state index in [-0.39, 0.29) is 17.1 Å². The summed E-state index contributed by atoms with van der Waals surface area (Å²) in [4.78, 5) is 0. The van der Waals surface area contributed by atoms with E-state index in [1.807, 2.05) is 0 Å². The van der Waals surface area contributed by atoms with Gasteiger partial charge in [-0.2, -0.15) is 0 Å². The molecule has 0 aromatic heterocycles. The van der Waals surface area contributed by atoms with Crippen LogP contribution in [0.1, 0.15) is 19.3 Å². The molecule has 0 saturated carbocycles. The lowest BCUT2D eigenvalue weighted by Crippen LogP contribution is -2.36. The van der Waals surface area contributed by atoms with Crippen LogP contribution in [-0.4, -0.2) is 57.9 Å². The summed E-state index contributed by atoms with van der Waals surface area (Å²) in [5, 5.41) is 3.36. The van der Waals surface area contributed by atoms with Crippen molar-refractivity contribution in [3.63, 3.8) is 0 Å². The Bertz CT molecular complexity index is 398. The van der Waals surface area contributed by atoms with Gasteiger partial charge < -0.3 is 10.1 Å². The summed E-state index contributed by atoms with van der Waals surface area (Å²) in [6.45, 7) is 4.76. The fourth-order valence-corrected chi connectivity index (χ4v) is 5.30. The normalized spacial score (nSPS) is 37.9. The minimum absolute atomic E-state index is 0.202. The molecule has 0 aromatic rings. The third-order valence-electron chi connectivity index (χ3n) is 4.60. The zero-order chi connectivity index (χ0) is 12.6. The minimum atomic E-state index is -3.08. The van der Waals surface area contributed by atoms with E-state index in [1.165, 1.54) is 0 Å². The van der Waals surface area contributed by atoms with Gasteiger partial charge in [0.25, 0.3) is 0 Å². The molecule has 5 nitrogen and oxygen atoms in total. The number of nitrogens with one attached hydrogen (secondary N) is 1. The first-order valence-corrected chi connectivity index (χ1v) is 8.47. The van der Waals surface area contributed by atoms with E-state index in [4.69, 9.17) is 4.74 Å². The van der Waals surface area contributed by atoms with Crippen LogP contribution in [0.25, 0.3) is 0 Å². The molecule has 3 fully saturated rings. The van der Waals surface area contributed by atoms with E-state index < -0.39 is 10.0 Å². The number of rotatable bonds is 3. The third kappa shape index (κ3) is 2.43. The molecule has 3 heterocycles. The van der Waals surface area contributed by atoms with Gasteiger partial charge >= 0.3 is 0 Å². The topological polar surface area (TPSA) is 58.6 Å². The molecule has 18 heavy (non-hydrogen) atoms. The molecule has 1 N–H and O–H groups in total. The van der Waals surface area contributed by atoms with Crippen LogP contribution in [0.5, 0.6) is 0 Å². The Morgan fingerprint density at radius 2 is 2.28 bits per heavy atom. The molecule has 0 radical (unpaired) electrons. The van der Waals surface area contributed by atoms with E-state index in [0.717, 1.165) is 38.9 Å². The van der Waals surface area contributed by atoms with Crippen LogP contribution in [0.3, 0.4) is 0 Å². The second-order valence-electron chi connectivity index (χ2n) is 6.02. The van der Waals surface area contributed by atoms with E-state index in [1.54, 1.807) is 4.31 Å². The van der Waals surface area contributed by atoms with Gasteiger partial charge in [0.1, 0.15) is 0 Å². The first-order chi connectivity index (χ1) is 8.60. The van der Waals surface area contributed by atoms with Crippen molar-refractivity contribution >= 4 is 10.0 Å². The second-order valence-corrected chi connectivity index (χ2v) is 8.03. The first kappa shape index (κ1) is 12.8. The molecule has 6 heteroatoms. The summed E-state index contributed by atoms with van der Waals surface area (Å²) in [7, 11) is -3.08. The molecule has 0 aromatic carbocycles. The van der Waals surface area contributed by atoms with Crippen molar-refractivity contribution in [3.05, 3.63) is 0 Å². The summed E-state index contributed by atoms with van der Waals surface area (Å²) in [5.74, 6) is 0.476. The van der Waals surface area contributed by atoms with Gasteiger partial charge in [-0.05, 0) is 37.1 Å². The van der Waals surface area contributed by atoms with E-state index in [9.17, 15) is 8.42 Å². The van der Waals surface area contributed by atoms with Crippen molar-refractivity contribution < 1.29 is 13.2 Å². The maximum absolute atomic E-state index is 12.4. The molecule has 3 aliphatic rings. The molecule has 0 amide bonds. The highest BCUT2D eigenvalue weighted by molar-refractivity contribution is 7.89. The number of sulfonamides is 1. The highest BCUT2D eigenvalue weighted by Gasteiger charge is 2.44. The minimum Gasteiger partial charge on any atom is -0.381 e. The Balaban J connectivity index is 1.63. The maximum atomic E-state index is 12.4. The van der Waals surface area contributed by atoms with Gasteiger partial charge in [-0.25, -0.2) is 12.7 Å². The molecular formula is C12H22N2O3S. The Morgan fingerprint density at radius 1 is 1.39 bits per heavy atom. The fraction of sp³-hybridized carbons (Fsp3) is 1.00. The van der Waals surface area contributed by atoms with E-state index in [2.05, 4.69) is 5.32 Å². The number of nitrogens with zero attached hydrogens (tertiary/aromatic N) is 1. The van der Waals surface area contributed by atoms with Crippen LogP contribution in [0, 0.1) is 11.3 Å². The Labute approximate surface area is 109 Å². The largest absolute Gasteiger partial charge is 0.381 e. The SMILES string of the molecule is O=S(=O)(CC1CCOC1)N1CCC2(CCNC2)C1. The summed E-state index contributed by atoms with van der Waals surface area (Å²) in [6.07, 6.45) is 3.02. The molecular weight excluding hydrogens is 252 g/mol. The zero-order valence-corrected chi connectivity index (χ0v) is 11.5. The van der Waals surface area contributed by atoms with Crippen LogP contribution in [0.4, 0.5) is 0 Å². The van der Waals surface area contributed by atoms with Crippen molar-refractivity contribution in [2.75, 3.05) is 45.1 Å². The molecule has 0 aliphatic carbocycles. The summed E-state index contributed by atoms with van der Waals surface area (Å²) < 4.78 is 31.7. The van der Waals surface area contributed by atoms with Crippen LogP contribution >= 0.6 is 0 Å². The average molecular weight is 274 g/mol. The van der Waals surface area contributed by atoms with Crippen LogP contribution < -0.4 is 5.32 Å². The fourth-order valence-electron chi connectivity index (χ4n) is 3.39. The van der Waals surface area contributed by atoms with E-state index >= 15 is 0 Å². The number of ether oxygens (including phenoxy) is 1. The van der Waals surface area contributed by atoms with Gasteiger partial charge in [0.05, 0.1) is 12.4 Å². The lowest BCUT2D eigenvalue weighted by molar-refractivity contribution is 0.188. The van der Waals surface area contributed by atoms with Crippen molar-refractivity contribution in [2.45, 2.75) is 19.3 Å². The van der Waals surface area contributed by atoms with Crippen molar-refractivity contribution in [1.29, 1.82) is 0 Å². The standard InChI is InChI=1S/C12H22N2O3S/c15-18(16,8-11-1-6-17-7-11)14-5-3-12(10-14)2-4-13-9-12/h11,13H,1-10H2. The predicted molar refractivity (Wildman–Crippen MR) is 68.8 cm³/mol. The van der Waals surface area contributed by atoms with Crippen molar-refractivity contribution in [3.8, 4) is 0 Å². The monoisotopic (exact) mass is 274 g/mol. The number of hydrogen-bond donors (Lipinski definition) is 1. The smallest absolute Gasteiger partial charge is 0.214 e. The summed E-state index contributed by atoms with van der Waals surface area (Å²) in [6, 6.07) is 0. The highest BCUT2D eigenvalue weighted by atomic mass is 32.2. The van der Waals surface area contributed by atoms with Gasteiger partial charge in [-0.3, -0.25) is 0 Å². The van der Waals surface area contributed by atoms with Crippen molar-refractivity contribution in [2.24, 2.45) is 11.3 Å².